The van der Waals surface area contributed by atoms with Crippen LogP contribution < -0.4 is 0 Å². The van der Waals surface area contributed by atoms with Gasteiger partial charge in [-0.1, -0.05) is 12.8 Å². The highest BCUT2D eigenvalue weighted by Crippen LogP contribution is 2.19. The van der Waals surface area contributed by atoms with Crippen molar-refractivity contribution in [3.8, 4) is 0 Å². The summed E-state index contributed by atoms with van der Waals surface area (Å²) in [7, 11) is 1.80. The van der Waals surface area contributed by atoms with Crippen LogP contribution in [0.1, 0.15) is 25.7 Å². The van der Waals surface area contributed by atoms with Gasteiger partial charge in [0.2, 0.25) is 0 Å². The first-order valence-electron chi connectivity index (χ1n) is 3.25. The van der Waals surface area contributed by atoms with E-state index in [1.54, 1.807) is 7.11 Å². The summed E-state index contributed by atoms with van der Waals surface area (Å²) < 4.78 is 5.11. The minimum Gasteiger partial charge on any atom is -0.381 e. The fourth-order valence-electron chi connectivity index (χ4n) is 1.12. The van der Waals surface area contributed by atoms with Gasteiger partial charge in [-0.25, -0.2) is 0 Å². The van der Waals surface area contributed by atoms with Crippen LogP contribution in [0.15, 0.2) is 0 Å². The zero-order valence-electron chi connectivity index (χ0n) is 5.93. The molecule has 0 N–H and O–H groups in total. The van der Waals surface area contributed by atoms with Gasteiger partial charge in [-0.05, 0) is 12.8 Å². The Morgan fingerprint density at radius 2 is 1.78 bits per heavy atom. The maximum absolute atomic E-state index is 8.00. The van der Waals surface area contributed by atoms with Crippen LogP contribution in [0.4, 0.5) is 0 Å². The van der Waals surface area contributed by atoms with Crippen LogP contribution in [0.5, 0.6) is 0 Å². The summed E-state index contributed by atoms with van der Waals surface area (Å²) in [5, 5.41) is 0. The van der Waals surface area contributed by atoms with Crippen LogP contribution in [0.3, 0.4) is 0 Å². The quantitative estimate of drug-likeness (QED) is 0.536. The third kappa shape index (κ3) is 3.25. The van der Waals surface area contributed by atoms with Gasteiger partial charge in [0.1, 0.15) is 6.79 Å². The van der Waals surface area contributed by atoms with Gasteiger partial charge in [0, 0.05) is 7.11 Å². The van der Waals surface area contributed by atoms with Crippen molar-refractivity contribution in [3.63, 3.8) is 0 Å². The van der Waals surface area contributed by atoms with Crippen LogP contribution in [-0.4, -0.2) is 20.0 Å². The van der Waals surface area contributed by atoms with Crippen LogP contribution in [-0.2, 0) is 9.53 Å². The highest BCUT2D eigenvalue weighted by molar-refractivity contribution is 5.10. The molecule has 0 unspecified atom stereocenters. The number of hydrogen-bond acceptors (Lipinski definition) is 2. The van der Waals surface area contributed by atoms with E-state index in [1.165, 1.54) is 25.7 Å². The van der Waals surface area contributed by atoms with Gasteiger partial charge in [-0.2, -0.15) is 0 Å². The summed E-state index contributed by atoms with van der Waals surface area (Å²) in [5.74, 6) is 0. The molecule has 0 heterocycles. The van der Waals surface area contributed by atoms with Crippen molar-refractivity contribution in [1.82, 2.24) is 0 Å². The molecular weight excluding hydrogens is 116 g/mol. The standard InChI is InChI=1S/C6H12O.CH2O/c1-7-6-4-2-3-5-6;1-2/h6H,2-5H2,1H3;1H2. The van der Waals surface area contributed by atoms with Crippen molar-refractivity contribution in [1.29, 1.82) is 0 Å². The molecule has 0 radical (unpaired) electrons. The second-order valence-electron chi connectivity index (χ2n) is 2.14. The molecule has 0 saturated heterocycles. The van der Waals surface area contributed by atoms with E-state index in [0.717, 1.165) is 0 Å². The van der Waals surface area contributed by atoms with E-state index >= 15 is 0 Å². The van der Waals surface area contributed by atoms with Gasteiger partial charge in [-0.15, -0.1) is 0 Å². The summed E-state index contributed by atoms with van der Waals surface area (Å²) in [6, 6.07) is 0. The molecule has 1 aliphatic rings. The molecule has 1 aliphatic carbocycles. The lowest BCUT2D eigenvalue weighted by Crippen LogP contribution is -2.01. The van der Waals surface area contributed by atoms with Gasteiger partial charge >= 0.3 is 0 Å². The number of carbonyl (C=O) groups excluding carboxylic acids is 1. The first-order chi connectivity index (χ1) is 4.43. The first kappa shape index (κ1) is 8.63. The second-order valence-corrected chi connectivity index (χ2v) is 2.14. The average molecular weight is 130 g/mol. The minimum absolute atomic E-state index is 0.597. The maximum Gasteiger partial charge on any atom is 0.106 e. The van der Waals surface area contributed by atoms with Gasteiger partial charge in [0.05, 0.1) is 6.10 Å². The van der Waals surface area contributed by atoms with Crippen LogP contribution in [0.2, 0.25) is 0 Å². The number of rotatable bonds is 1. The van der Waals surface area contributed by atoms with Gasteiger partial charge in [0.25, 0.3) is 0 Å². The molecule has 0 bridgehead atoms. The van der Waals surface area contributed by atoms with E-state index in [4.69, 9.17) is 9.53 Å². The fraction of sp³-hybridized carbons (Fsp3) is 0.857. The molecule has 1 fully saturated rings. The smallest absolute Gasteiger partial charge is 0.106 e. The molecule has 9 heavy (non-hydrogen) atoms. The zero-order valence-corrected chi connectivity index (χ0v) is 5.93. The third-order valence-corrected chi connectivity index (χ3v) is 1.64. The minimum atomic E-state index is 0.597. The summed E-state index contributed by atoms with van der Waals surface area (Å²) in [6.07, 6.45) is 5.92. The average Bonchev–Trinajstić information content (AvgIpc) is 2.43. The Morgan fingerprint density at radius 3 is 2.00 bits per heavy atom. The summed E-state index contributed by atoms with van der Waals surface area (Å²) >= 11 is 0. The largest absolute Gasteiger partial charge is 0.381 e. The lowest BCUT2D eigenvalue weighted by molar-refractivity contribution is -0.0979. The van der Waals surface area contributed by atoms with Gasteiger partial charge in [0.15, 0.2) is 0 Å². The van der Waals surface area contributed by atoms with Crippen molar-refractivity contribution >= 4 is 6.79 Å². The summed E-state index contributed by atoms with van der Waals surface area (Å²) in [4.78, 5) is 8.00. The topological polar surface area (TPSA) is 26.3 Å². The lowest BCUT2D eigenvalue weighted by atomic mass is 10.3. The Balaban J connectivity index is 0.000000291. The highest BCUT2D eigenvalue weighted by Gasteiger charge is 2.12. The number of hydrogen-bond donors (Lipinski definition) is 0. The highest BCUT2D eigenvalue weighted by atomic mass is 16.5. The molecule has 1 rings (SSSR count). The van der Waals surface area contributed by atoms with Crippen LogP contribution in [0, 0.1) is 0 Å². The van der Waals surface area contributed by atoms with E-state index in [9.17, 15) is 0 Å². The Kier molecular flexibility index (Phi) is 5.52. The molecule has 1 saturated carbocycles. The van der Waals surface area contributed by atoms with E-state index in [0.29, 0.717) is 6.10 Å². The monoisotopic (exact) mass is 130 g/mol. The molecule has 0 aromatic heterocycles. The predicted octanol–water partition coefficient (Wildman–Crippen LogP) is 1.39. The number of ether oxygens (including phenoxy) is 1. The first-order valence-corrected chi connectivity index (χ1v) is 3.25. The van der Waals surface area contributed by atoms with Crippen LogP contribution in [0.25, 0.3) is 0 Å². The molecule has 0 amide bonds. The van der Waals surface area contributed by atoms with Crippen molar-refractivity contribution in [2.24, 2.45) is 0 Å². The maximum atomic E-state index is 8.00. The van der Waals surface area contributed by atoms with Gasteiger partial charge in [-0.3, -0.25) is 0 Å². The zero-order chi connectivity index (χ0) is 7.11. The number of carbonyl (C=O) groups is 1. The molecule has 0 spiro atoms. The second kappa shape index (κ2) is 5.76. The molecule has 0 atom stereocenters. The summed E-state index contributed by atoms with van der Waals surface area (Å²) in [6.45, 7) is 2.00. The molecule has 0 aromatic carbocycles. The Morgan fingerprint density at radius 1 is 1.33 bits per heavy atom. The number of methoxy groups -OCH3 is 1. The molecule has 0 aliphatic heterocycles. The fourth-order valence-corrected chi connectivity index (χ4v) is 1.12. The molecule has 2 nitrogen and oxygen atoms in total. The molecule has 0 aromatic rings. The van der Waals surface area contributed by atoms with Crippen molar-refractivity contribution < 1.29 is 9.53 Å². The van der Waals surface area contributed by atoms with E-state index < -0.39 is 0 Å². The SMILES string of the molecule is C=O.COC1CCCC1. The van der Waals surface area contributed by atoms with E-state index in [1.807, 2.05) is 6.79 Å². The van der Waals surface area contributed by atoms with E-state index in [2.05, 4.69) is 0 Å². The lowest BCUT2D eigenvalue weighted by Gasteiger charge is -2.02. The summed E-state index contributed by atoms with van der Waals surface area (Å²) in [5.41, 5.74) is 0. The Bertz CT molecular complexity index is 57.9. The molecule has 2 heteroatoms. The molecule has 54 valence electrons. The third-order valence-electron chi connectivity index (χ3n) is 1.64. The van der Waals surface area contributed by atoms with Gasteiger partial charge < -0.3 is 9.53 Å². The predicted molar refractivity (Wildman–Crippen MR) is 36.4 cm³/mol. The van der Waals surface area contributed by atoms with Crippen molar-refractivity contribution in [2.45, 2.75) is 31.8 Å². The van der Waals surface area contributed by atoms with Crippen molar-refractivity contribution in [3.05, 3.63) is 0 Å². The van der Waals surface area contributed by atoms with Crippen molar-refractivity contribution in [2.75, 3.05) is 7.11 Å². The normalized spacial score (nSPS) is 18.8. The van der Waals surface area contributed by atoms with E-state index in [-0.39, 0.29) is 0 Å². The Labute approximate surface area is 56.2 Å². The molecular formula is C7H14O2. The Hall–Kier alpha value is -0.370. The van der Waals surface area contributed by atoms with Crippen LogP contribution >= 0.6 is 0 Å².